The summed E-state index contributed by atoms with van der Waals surface area (Å²) in [6, 6.07) is -5.83. The summed E-state index contributed by atoms with van der Waals surface area (Å²) in [4.78, 5) is 140. The van der Waals surface area contributed by atoms with Crippen LogP contribution in [0.4, 0.5) is 0 Å². The van der Waals surface area contributed by atoms with Crippen LogP contribution in [0.5, 0.6) is 0 Å². The van der Waals surface area contributed by atoms with Crippen molar-refractivity contribution in [3.05, 3.63) is 35.9 Å². The predicted molar refractivity (Wildman–Crippen MR) is 322 cm³/mol. The van der Waals surface area contributed by atoms with Gasteiger partial charge < -0.3 is 97.2 Å². The van der Waals surface area contributed by atoms with E-state index in [2.05, 4.69) is 72.3 Å². The number of amides is 10. The minimum absolute atomic E-state index is 0.0169. The second-order valence-electron chi connectivity index (χ2n) is 23.1. The Hall–Kier alpha value is -6.44. The van der Waals surface area contributed by atoms with Gasteiger partial charge >= 0.3 is 0 Å². The van der Waals surface area contributed by atoms with Crippen molar-refractivity contribution in [2.24, 2.45) is 40.5 Å². The third-order valence-corrected chi connectivity index (χ3v) is 14.6. The first kappa shape index (κ1) is 75.7. The maximum atomic E-state index is 14.5. The summed E-state index contributed by atoms with van der Waals surface area (Å²) in [5.41, 5.74) is 28.1. The molecule has 3 unspecified atom stereocenters. The second kappa shape index (κ2) is 39.4. The number of rotatable bonds is 29. The predicted octanol–water partition coefficient (Wildman–Crippen LogP) is -5.06. The van der Waals surface area contributed by atoms with Gasteiger partial charge in [-0.3, -0.25) is 53.3 Å². The molecule has 1 aliphatic heterocycles. The monoisotopic (exact) mass is 1220 g/mol. The molecule has 0 aromatic heterocycles. The highest BCUT2D eigenvalue weighted by Crippen LogP contribution is 2.15. The summed E-state index contributed by atoms with van der Waals surface area (Å²) < 4.78 is 0. The van der Waals surface area contributed by atoms with E-state index in [1.807, 2.05) is 0 Å². The van der Waals surface area contributed by atoms with E-state index in [1.165, 1.54) is 20.8 Å². The normalized spacial score (nSPS) is 23.5. The molecule has 10 amide bonds. The molecule has 13 atom stereocenters. The maximum Gasteiger partial charge on any atom is 0.246 e. The Bertz CT molecular complexity index is 2310. The molecule has 0 bridgehead atoms. The van der Waals surface area contributed by atoms with Gasteiger partial charge in [-0.25, -0.2) is 0 Å². The van der Waals surface area contributed by atoms with Gasteiger partial charge in [0.05, 0.1) is 23.8 Å². The summed E-state index contributed by atoms with van der Waals surface area (Å²) in [5, 5.41) is 62.8. The fourth-order valence-corrected chi connectivity index (χ4v) is 9.39. The van der Waals surface area contributed by atoms with Crippen molar-refractivity contribution >= 4 is 59.1 Å². The van der Waals surface area contributed by atoms with Crippen LogP contribution < -0.4 is 87.2 Å². The highest BCUT2D eigenvalue weighted by atomic mass is 16.3. The van der Waals surface area contributed by atoms with Crippen LogP contribution in [0.1, 0.15) is 131 Å². The van der Waals surface area contributed by atoms with E-state index in [0.717, 1.165) is 19.3 Å². The van der Waals surface area contributed by atoms with Gasteiger partial charge in [0.1, 0.15) is 54.6 Å². The van der Waals surface area contributed by atoms with Gasteiger partial charge in [0, 0.05) is 19.4 Å². The van der Waals surface area contributed by atoms with Gasteiger partial charge in [-0.1, -0.05) is 77.3 Å². The van der Waals surface area contributed by atoms with E-state index in [9.17, 15) is 63.3 Å². The molecule has 0 radical (unpaired) electrons. The number of aliphatic hydroxyl groups is 3. The molecule has 488 valence electrons. The van der Waals surface area contributed by atoms with Gasteiger partial charge in [-0.2, -0.15) is 0 Å². The molecular formula is C57H102N16O13. The number of hydrogen-bond donors (Lipinski definition) is 19. The maximum absolute atomic E-state index is 14.5. The van der Waals surface area contributed by atoms with Crippen molar-refractivity contribution in [3.8, 4) is 0 Å². The van der Waals surface area contributed by atoms with Crippen molar-refractivity contribution in [1.82, 2.24) is 58.5 Å². The Balaban J connectivity index is 2.70. The van der Waals surface area contributed by atoms with Crippen molar-refractivity contribution in [2.75, 3.05) is 39.3 Å². The molecule has 29 heteroatoms. The Morgan fingerprint density at radius 3 is 1.67 bits per heavy atom. The zero-order valence-corrected chi connectivity index (χ0v) is 51.2. The lowest BCUT2D eigenvalue weighted by Gasteiger charge is -2.33. The van der Waals surface area contributed by atoms with Crippen LogP contribution in [-0.2, 0) is 54.4 Å². The van der Waals surface area contributed by atoms with Crippen LogP contribution in [0.3, 0.4) is 0 Å². The van der Waals surface area contributed by atoms with Crippen LogP contribution >= 0.6 is 0 Å². The fourth-order valence-electron chi connectivity index (χ4n) is 9.39. The van der Waals surface area contributed by atoms with Crippen molar-refractivity contribution in [1.29, 1.82) is 0 Å². The van der Waals surface area contributed by atoms with Crippen LogP contribution in [0, 0.1) is 11.8 Å². The SMILES string of the molecule is CC[C@H](C)CCCCC(=O)NC(CCN)C(=O)N[C@H](C(=O)N[C@@H](CCN)C(=O)N[C@H]1CCNC(=O)[C@H](C(C)O)NC(=O)[C@H](CCN)NC(=O)[C@H](CCN)NC(=O)[C@H](CC(C)C)NC(=O)[C@@H](Cc2ccccc2)NC(=O)[C@H](CCN)NC1O)C(C)(C)O. The minimum atomic E-state index is -1.98. The lowest BCUT2D eigenvalue weighted by Crippen LogP contribution is -2.64. The molecule has 24 N–H and O–H groups in total. The lowest BCUT2D eigenvalue weighted by atomic mass is 9.96. The second-order valence-corrected chi connectivity index (χ2v) is 23.1. The van der Waals surface area contributed by atoms with Gasteiger partial charge in [-0.05, 0) is 122 Å². The summed E-state index contributed by atoms with van der Waals surface area (Å²) in [6.07, 6.45) is -1.14. The number of benzene rings is 1. The molecule has 1 fully saturated rings. The fraction of sp³-hybridized carbons (Fsp3) is 0.719. The summed E-state index contributed by atoms with van der Waals surface area (Å²) in [6.45, 7) is 10.4. The van der Waals surface area contributed by atoms with Crippen LogP contribution in [0.2, 0.25) is 0 Å². The van der Waals surface area contributed by atoms with Gasteiger partial charge in [0.2, 0.25) is 59.1 Å². The smallest absolute Gasteiger partial charge is 0.246 e. The van der Waals surface area contributed by atoms with E-state index in [1.54, 1.807) is 44.2 Å². The molecule has 86 heavy (non-hydrogen) atoms. The quantitative estimate of drug-likeness (QED) is 0.0334. The van der Waals surface area contributed by atoms with Gasteiger partial charge in [0.15, 0.2) is 0 Å². The third-order valence-electron chi connectivity index (χ3n) is 14.6. The molecule has 1 saturated heterocycles. The molecule has 0 aliphatic carbocycles. The number of carbonyl (C=O) groups excluding carboxylic acids is 10. The van der Waals surface area contributed by atoms with E-state index in [4.69, 9.17) is 28.7 Å². The molecule has 1 heterocycles. The van der Waals surface area contributed by atoms with Crippen LogP contribution in [0.25, 0.3) is 0 Å². The number of hydrogen-bond acceptors (Lipinski definition) is 19. The first-order chi connectivity index (χ1) is 40.6. The Morgan fingerprint density at radius 1 is 0.628 bits per heavy atom. The van der Waals surface area contributed by atoms with Crippen molar-refractivity contribution in [2.45, 2.75) is 210 Å². The Kier molecular flexibility index (Phi) is 34.6. The van der Waals surface area contributed by atoms with Gasteiger partial charge in [-0.15, -0.1) is 0 Å². The van der Waals surface area contributed by atoms with E-state index in [0.29, 0.717) is 17.9 Å². The Morgan fingerprint density at radius 2 is 1.14 bits per heavy atom. The molecule has 0 spiro atoms. The minimum Gasteiger partial charge on any atom is -0.391 e. The standard InChI is InChI=1S/C57H102N16O13/c1-8-33(4)14-12-13-17-44(75)64-36(18-24-58)52(81)73-46(57(6,7)86)56(85)69-39(21-27-61)48(77)68-41-23-29-63-55(84)45(34(5)74)72-51(80)40(22-28-62)66-47(76)37(19-25-59)67-53(82)42(30-32(2)3)70-54(83)43(31-35-15-10-9-11-16-35)71-49(78)38(20-26-60)65-50(41)79/h9-11,15-16,32-34,36-43,45-46,50,65,74,79,86H,8,12-14,17-31,58-62H2,1-7H3,(H,63,84)(H,64,75)(H,66,76)(H,67,82)(H,68,77)(H,69,85)(H,70,83)(H,71,78)(H,72,80)(H,73,81)/t33-,34?,36?,37-,38-,39-,40-,41-,42-,43+,45-,46+,50?/m0/s1. The van der Waals surface area contributed by atoms with E-state index in [-0.39, 0.29) is 96.4 Å². The number of nitrogens with two attached hydrogens (primary N) is 5. The Labute approximate surface area is 505 Å². The number of aliphatic hydroxyl groups excluding tert-OH is 2. The molecular weight excluding hydrogens is 1120 g/mol. The van der Waals surface area contributed by atoms with Crippen molar-refractivity contribution < 1.29 is 63.3 Å². The summed E-state index contributed by atoms with van der Waals surface area (Å²) >= 11 is 0. The largest absolute Gasteiger partial charge is 0.391 e. The van der Waals surface area contributed by atoms with Crippen LogP contribution in [0.15, 0.2) is 30.3 Å². The van der Waals surface area contributed by atoms with Crippen molar-refractivity contribution in [3.63, 3.8) is 0 Å². The van der Waals surface area contributed by atoms with Gasteiger partial charge in [0.25, 0.3) is 0 Å². The topological polar surface area (TPSA) is 494 Å². The molecule has 1 aliphatic rings. The summed E-state index contributed by atoms with van der Waals surface area (Å²) in [7, 11) is 0. The van der Waals surface area contributed by atoms with Crippen LogP contribution in [-0.4, -0.2) is 192 Å². The first-order valence-electron chi connectivity index (χ1n) is 30.0. The number of carbonyl (C=O) groups is 10. The lowest BCUT2D eigenvalue weighted by molar-refractivity contribution is -0.139. The molecule has 2 rings (SSSR count). The summed E-state index contributed by atoms with van der Waals surface area (Å²) in [5.74, 6) is -8.20. The average Bonchev–Trinajstić information content (AvgIpc) is 3.63. The average molecular weight is 1220 g/mol. The zero-order valence-electron chi connectivity index (χ0n) is 51.2. The number of unbranched alkanes of at least 4 members (excludes halogenated alkanes) is 1. The van der Waals surface area contributed by atoms with E-state index >= 15 is 0 Å². The number of nitrogens with one attached hydrogen (secondary N) is 11. The first-order valence-corrected chi connectivity index (χ1v) is 30.0. The zero-order chi connectivity index (χ0) is 64.7. The highest BCUT2D eigenvalue weighted by molar-refractivity contribution is 5.98. The molecule has 0 saturated carbocycles. The molecule has 1 aromatic carbocycles. The highest BCUT2D eigenvalue weighted by Gasteiger charge is 2.40. The molecule has 29 nitrogen and oxygen atoms in total. The molecule has 1 aromatic rings. The third kappa shape index (κ3) is 27.1. The van der Waals surface area contributed by atoms with E-state index < -0.39 is 144 Å².